The molecule has 0 aromatic carbocycles. The molecule has 7 nitrogen and oxygen atoms in total. The molecule has 1 saturated carbocycles. The number of anilines is 1. The Morgan fingerprint density at radius 2 is 1.89 bits per heavy atom. The van der Waals surface area contributed by atoms with Gasteiger partial charge in [-0.1, -0.05) is 6.92 Å². The zero-order valence-electron chi connectivity index (χ0n) is 16.8. The Bertz CT molecular complexity index is 757. The molecular formula is C20H29N3O4S. The maximum absolute atomic E-state index is 12.5. The summed E-state index contributed by atoms with van der Waals surface area (Å²) in [5.74, 6) is -0.104. The average molecular weight is 408 g/mol. The summed E-state index contributed by atoms with van der Waals surface area (Å²) in [5, 5.41) is 6.36. The number of esters is 1. The van der Waals surface area contributed by atoms with Crippen molar-refractivity contribution in [3.63, 3.8) is 0 Å². The number of hydrogen-bond donors (Lipinski definition) is 2. The number of carbonyl (C=O) groups excluding carboxylic acids is 3. The molecule has 154 valence electrons. The molecule has 8 heteroatoms. The molecule has 0 unspecified atom stereocenters. The van der Waals surface area contributed by atoms with Crippen LogP contribution in [0.3, 0.4) is 0 Å². The summed E-state index contributed by atoms with van der Waals surface area (Å²) in [7, 11) is 1.74. The number of rotatable bonds is 8. The second-order valence-electron chi connectivity index (χ2n) is 7.84. The van der Waals surface area contributed by atoms with Gasteiger partial charge >= 0.3 is 5.97 Å². The van der Waals surface area contributed by atoms with E-state index in [1.807, 2.05) is 0 Å². The molecule has 3 rings (SSSR count). The van der Waals surface area contributed by atoms with Crippen LogP contribution in [-0.2, 0) is 27.2 Å². The maximum Gasteiger partial charge on any atom is 0.341 e. The van der Waals surface area contributed by atoms with Crippen molar-refractivity contribution in [3.05, 3.63) is 16.0 Å². The lowest BCUT2D eigenvalue weighted by atomic mass is 9.88. The van der Waals surface area contributed by atoms with Gasteiger partial charge in [-0.15, -0.1) is 11.3 Å². The van der Waals surface area contributed by atoms with E-state index in [0.717, 1.165) is 42.5 Å². The summed E-state index contributed by atoms with van der Waals surface area (Å²) in [4.78, 5) is 39.7. The van der Waals surface area contributed by atoms with Gasteiger partial charge in [-0.3, -0.25) is 14.5 Å². The van der Waals surface area contributed by atoms with Crippen molar-refractivity contribution in [3.8, 4) is 0 Å². The quantitative estimate of drug-likeness (QED) is 0.645. The van der Waals surface area contributed by atoms with Crippen LogP contribution in [-0.4, -0.2) is 55.5 Å². The number of nitrogens with zero attached hydrogens (tertiary/aromatic N) is 1. The zero-order valence-corrected chi connectivity index (χ0v) is 17.6. The lowest BCUT2D eigenvalue weighted by Crippen LogP contribution is -2.39. The summed E-state index contributed by atoms with van der Waals surface area (Å²) in [5.41, 5.74) is 1.53. The van der Waals surface area contributed by atoms with Crippen LogP contribution in [0.15, 0.2) is 0 Å². The molecule has 0 bridgehead atoms. The third-order valence-corrected chi connectivity index (χ3v) is 6.18. The molecule has 1 heterocycles. The summed E-state index contributed by atoms with van der Waals surface area (Å²) in [6.45, 7) is 4.53. The predicted octanol–water partition coefficient (Wildman–Crippen LogP) is 2.20. The van der Waals surface area contributed by atoms with Crippen molar-refractivity contribution >= 4 is 34.1 Å². The number of carbonyl (C=O) groups is 3. The van der Waals surface area contributed by atoms with E-state index in [0.29, 0.717) is 29.1 Å². The normalized spacial score (nSPS) is 18.5. The van der Waals surface area contributed by atoms with Gasteiger partial charge in [0.25, 0.3) is 0 Å². The lowest BCUT2D eigenvalue weighted by Gasteiger charge is -2.18. The molecule has 2 amide bonds. The van der Waals surface area contributed by atoms with Gasteiger partial charge in [0.05, 0.1) is 25.3 Å². The zero-order chi connectivity index (χ0) is 20.3. The maximum atomic E-state index is 12.5. The number of hydrogen-bond acceptors (Lipinski definition) is 6. The first-order valence-corrected chi connectivity index (χ1v) is 10.8. The van der Waals surface area contributed by atoms with E-state index in [1.54, 1.807) is 18.9 Å². The molecule has 1 aromatic rings. The summed E-state index contributed by atoms with van der Waals surface area (Å²) in [6, 6.07) is 0.307. The predicted molar refractivity (Wildman–Crippen MR) is 109 cm³/mol. The van der Waals surface area contributed by atoms with Gasteiger partial charge in [0.2, 0.25) is 11.8 Å². The van der Waals surface area contributed by atoms with Gasteiger partial charge in [0, 0.05) is 10.9 Å². The SMILES string of the molecule is CCOC(=O)c1c(NC(=O)CN(C)CC(=O)NC2CC2)sc2c1CC[C@@H](C)C2. The van der Waals surface area contributed by atoms with Crippen molar-refractivity contribution in [1.29, 1.82) is 0 Å². The van der Waals surface area contributed by atoms with Gasteiger partial charge in [-0.05, 0) is 57.6 Å². The molecule has 2 aliphatic rings. The van der Waals surface area contributed by atoms with Crippen LogP contribution in [0.2, 0.25) is 0 Å². The number of likely N-dealkylation sites (N-methyl/N-ethyl adjacent to an activating group) is 1. The highest BCUT2D eigenvalue weighted by Crippen LogP contribution is 2.40. The van der Waals surface area contributed by atoms with Gasteiger partial charge in [-0.2, -0.15) is 0 Å². The van der Waals surface area contributed by atoms with Crippen LogP contribution >= 0.6 is 11.3 Å². The smallest absolute Gasteiger partial charge is 0.341 e. The Morgan fingerprint density at radius 1 is 1.18 bits per heavy atom. The van der Waals surface area contributed by atoms with Crippen molar-refractivity contribution in [2.45, 2.75) is 52.0 Å². The van der Waals surface area contributed by atoms with E-state index in [4.69, 9.17) is 4.74 Å². The van der Waals surface area contributed by atoms with Gasteiger partial charge < -0.3 is 15.4 Å². The number of amides is 2. The number of thiophene rings is 1. The highest BCUT2D eigenvalue weighted by molar-refractivity contribution is 7.17. The lowest BCUT2D eigenvalue weighted by molar-refractivity contribution is -0.123. The van der Waals surface area contributed by atoms with Crippen LogP contribution in [0.4, 0.5) is 5.00 Å². The van der Waals surface area contributed by atoms with Crippen LogP contribution in [0.5, 0.6) is 0 Å². The third kappa shape index (κ3) is 5.32. The fourth-order valence-electron chi connectivity index (χ4n) is 3.47. The fraction of sp³-hybridized carbons (Fsp3) is 0.650. The Morgan fingerprint density at radius 3 is 2.57 bits per heavy atom. The minimum atomic E-state index is -0.373. The minimum absolute atomic E-state index is 0.0643. The molecular weight excluding hydrogens is 378 g/mol. The molecule has 0 aliphatic heterocycles. The highest BCUT2D eigenvalue weighted by Gasteiger charge is 2.29. The third-order valence-electron chi connectivity index (χ3n) is 5.01. The Labute approximate surface area is 169 Å². The molecule has 1 fully saturated rings. The molecule has 28 heavy (non-hydrogen) atoms. The molecule has 1 aromatic heterocycles. The minimum Gasteiger partial charge on any atom is -0.462 e. The standard InChI is InChI=1S/C20H29N3O4S/c1-4-27-20(26)18-14-8-5-12(2)9-15(14)28-19(18)22-17(25)11-23(3)10-16(24)21-13-6-7-13/h12-13H,4-11H2,1-3H3,(H,21,24)(H,22,25)/t12-/m1/s1. The number of ether oxygens (including phenoxy) is 1. The van der Waals surface area contributed by atoms with Crippen molar-refractivity contribution in [1.82, 2.24) is 10.2 Å². The van der Waals surface area contributed by atoms with Gasteiger partial charge in [0.15, 0.2) is 0 Å². The molecule has 2 aliphatic carbocycles. The Kier molecular flexibility index (Phi) is 6.72. The summed E-state index contributed by atoms with van der Waals surface area (Å²) in [6.07, 6.45) is 4.85. The van der Waals surface area contributed by atoms with Crippen LogP contribution < -0.4 is 10.6 Å². The van der Waals surface area contributed by atoms with Crippen molar-refractivity contribution in [2.75, 3.05) is 32.1 Å². The second-order valence-corrected chi connectivity index (χ2v) is 8.94. The van der Waals surface area contributed by atoms with E-state index in [1.165, 1.54) is 11.3 Å². The number of fused-ring (bicyclic) bond motifs is 1. The van der Waals surface area contributed by atoms with Gasteiger partial charge in [-0.25, -0.2) is 4.79 Å². The molecule has 0 radical (unpaired) electrons. The van der Waals surface area contributed by atoms with Gasteiger partial charge in [0.1, 0.15) is 5.00 Å². The van der Waals surface area contributed by atoms with E-state index in [-0.39, 0.29) is 30.9 Å². The van der Waals surface area contributed by atoms with Crippen LogP contribution in [0.1, 0.15) is 53.9 Å². The van der Waals surface area contributed by atoms with Crippen molar-refractivity contribution in [2.24, 2.45) is 5.92 Å². The molecule has 1 atom stereocenters. The van der Waals surface area contributed by atoms with Crippen LogP contribution in [0.25, 0.3) is 0 Å². The summed E-state index contributed by atoms with van der Waals surface area (Å²) < 4.78 is 5.23. The molecule has 0 spiro atoms. The van der Waals surface area contributed by atoms with E-state index < -0.39 is 0 Å². The Hall–Kier alpha value is -1.93. The fourth-order valence-corrected chi connectivity index (χ4v) is 4.89. The average Bonchev–Trinajstić information content (AvgIpc) is 3.33. The van der Waals surface area contributed by atoms with Crippen LogP contribution in [0, 0.1) is 5.92 Å². The van der Waals surface area contributed by atoms with E-state index in [2.05, 4.69) is 17.6 Å². The monoisotopic (exact) mass is 407 g/mol. The molecule has 0 saturated heterocycles. The second kappa shape index (κ2) is 9.05. The topological polar surface area (TPSA) is 87.7 Å². The Balaban J connectivity index is 1.65. The van der Waals surface area contributed by atoms with E-state index >= 15 is 0 Å². The summed E-state index contributed by atoms with van der Waals surface area (Å²) >= 11 is 1.48. The first kappa shape index (κ1) is 20.8. The molecule has 2 N–H and O–H groups in total. The first-order chi connectivity index (χ1) is 13.4. The number of nitrogens with one attached hydrogen (secondary N) is 2. The van der Waals surface area contributed by atoms with E-state index in [9.17, 15) is 14.4 Å². The first-order valence-electron chi connectivity index (χ1n) is 9.96. The largest absolute Gasteiger partial charge is 0.462 e. The van der Waals surface area contributed by atoms with Crippen molar-refractivity contribution < 1.29 is 19.1 Å². The highest BCUT2D eigenvalue weighted by atomic mass is 32.1.